The highest BCUT2D eigenvalue weighted by atomic mass is 16.5. The van der Waals surface area contributed by atoms with Crippen LogP contribution in [0.4, 0.5) is 0 Å². The van der Waals surface area contributed by atoms with E-state index in [0.29, 0.717) is 0 Å². The molecule has 66 valence electrons. The van der Waals surface area contributed by atoms with E-state index in [-0.39, 0.29) is 0 Å². The van der Waals surface area contributed by atoms with E-state index in [2.05, 4.69) is 15.2 Å². The smallest absolute Gasteiger partial charge is 0.122 e. The Morgan fingerprint density at radius 1 is 1.46 bits per heavy atom. The molecule has 0 unspecified atom stereocenters. The maximum absolute atomic E-state index is 5.08. The van der Waals surface area contributed by atoms with Gasteiger partial charge in [-0.1, -0.05) is 0 Å². The number of aromatic amines is 1. The Morgan fingerprint density at radius 3 is 3.08 bits per heavy atom. The van der Waals surface area contributed by atoms with Crippen molar-refractivity contribution in [2.45, 2.75) is 0 Å². The van der Waals surface area contributed by atoms with E-state index in [4.69, 9.17) is 4.74 Å². The van der Waals surface area contributed by atoms with Crippen molar-refractivity contribution in [1.82, 2.24) is 15.2 Å². The summed E-state index contributed by atoms with van der Waals surface area (Å²) in [6, 6.07) is 3.68. The number of H-pyrrole nitrogens is 1. The fraction of sp³-hybridized carbons (Fsp3) is 0.111. The summed E-state index contributed by atoms with van der Waals surface area (Å²) in [4.78, 5) is 4.19. The Morgan fingerprint density at radius 2 is 2.38 bits per heavy atom. The van der Waals surface area contributed by atoms with Gasteiger partial charge in [0.15, 0.2) is 0 Å². The summed E-state index contributed by atoms with van der Waals surface area (Å²) in [5.41, 5.74) is 1.81. The van der Waals surface area contributed by atoms with E-state index in [9.17, 15) is 0 Å². The number of pyridine rings is 1. The minimum Gasteiger partial charge on any atom is -0.497 e. The van der Waals surface area contributed by atoms with Crippen LogP contribution in [0.25, 0.3) is 11.3 Å². The number of hydrogen-bond acceptors (Lipinski definition) is 3. The Bertz CT molecular complexity index is 384. The maximum atomic E-state index is 5.08. The third-order valence-corrected chi connectivity index (χ3v) is 1.76. The predicted molar refractivity (Wildman–Crippen MR) is 48.4 cm³/mol. The molecule has 0 aliphatic rings. The molecule has 4 nitrogen and oxygen atoms in total. The second kappa shape index (κ2) is 3.26. The Hall–Kier alpha value is -1.84. The SMILES string of the molecule is COc1ccnc(-c2cn[nH]c2)c1. The number of rotatable bonds is 2. The first kappa shape index (κ1) is 7.79. The molecule has 2 heterocycles. The van der Waals surface area contributed by atoms with E-state index in [0.717, 1.165) is 17.0 Å². The molecule has 0 atom stereocenters. The van der Waals surface area contributed by atoms with Gasteiger partial charge < -0.3 is 4.74 Å². The summed E-state index contributed by atoms with van der Waals surface area (Å²) in [7, 11) is 1.63. The summed E-state index contributed by atoms with van der Waals surface area (Å²) >= 11 is 0. The van der Waals surface area contributed by atoms with Crippen molar-refractivity contribution in [1.29, 1.82) is 0 Å². The van der Waals surface area contributed by atoms with Crippen LogP contribution >= 0.6 is 0 Å². The Labute approximate surface area is 75.6 Å². The van der Waals surface area contributed by atoms with Gasteiger partial charge in [-0.25, -0.2) is 0 Å². The van der Waals surface area contributed by atoms with Crippen LogP contribution in [0.5, 0.6) is 5.75 Å². The normalized spacial score (nSPS) is 9.92. The number of hydrogen-bond donors (Lipinski definition) is 1. The zero-order chi connectivity index (χ0) is 9.10. The van der Waals surface area contributed by atoms with Gasteiger partial charge in [-0.2, -0.15) is 5.10 Å². The lowest BCUT2D eigenvalue weighted by Gasteiger charge is -2.00. The first-order valence-electron chi connectivity index (χ1n) is 3.89. The maximum Gasteiger partial charge on any atom is 0.122 e. The highest BCUT2D eigenvalue weighted by Gasteiger charge is 2.00. The van der Waals surface area contributed by atoms with E-state index in [1.807, 2.05) is 12.1 Å². The van der Waals surface area contributed by atoms with E-state index >= 15 is 0 Å². The van der Waals surface area contributed by atoms with Crippen molar-refractivity contribution < 1.29 is 4.74 Å². The number of nitrogens with zero attached hydrogens (tertiary/aromatic N) is 2. The lowest BCUT2D eigenvalue weighted by Crippen LogP contribution is -1.85. The third-order valence-electron chi connectivity index (χ3n) is 1.76. The van der Waals surface area contributed by atoms with Crippen LogP contribution in [0.3, 0.4) is 0 Å². The molecule has 0 saturated carbocycles. The minimum atomic E-state index is 0.797. The highest BCUT2D eigenvalue weighted by molar-refractivity contribution is 5.58. The van der Waals surface area contributed by atoms with Crippen molar-refractivity contribution in [3.8, 4) is 17.0 Å². The van der Waals surface area contributed by atoms with Gasteiger partial charge in [0.25, 0.3) is 0 Å². The van der Waals surface area contributed by atoms with E-state index < -0.39 is 0 Å². The van der Waals surface area contributed by atoms with Crippen LogP contribution in [0.2, 0.25) is 0 Å². The van der Waals surface area contributed by atoms with Gasteiger partial charge in [0, 0.05) is 24.0 Å². The lowest BCUT2D eigenvalue weighted by atomic mass is 10.2. The van der Waals surface area contributed by atoms with Crippen molar-refractivity contribution in [3.05, 3.63) is 30.7 Å². The van der Waals surface area contributed by atoms with Crippen molar-refractivity contribution in [2.75, 3.05) is 7.11 Å². The van der Waals surface area contributed by atoms with Gasteiger partial charge in [0.05, 0.1) is 19.0 Å². The van der Waals surface area contributed by atoms with Crippen LogP contribution < -0.4 is 4.74 Å². The van der Waals surface area contributed by atoms with Crippen LogP contribution in [-0.2, 0) is 0 Å². The fourth-order valence-electron chi connectivity index (χ4n) is 1.09. The number of ether oxygens (including phenoxy) is 1. The zero-order valence-electron chi connectivity index (χ0n) is 7.19. The van der Waals surface area contributed by atoms with Crippen molar-refractivity contribution in [2.24, 2.45) is 0 Å². The largest absolute Gasteiger partial charge is 0.497 e. The molecule has 0 aliphatic heterocycles. The van der Waals surface area contributed by atoms with Crippen LogP contribution in [0.1, 0.15) is 0 Å². The standard InChI is InChI=1S/C9H9N3O/c1-13-8-2-3-10-9(4-8)7-5-11-12-6-7/h2-6H,1H3,(H,11,12). The van der Waals surface area contributed by atoms with Crippen LogP contribution in [0.15, 0.2) is 30.7 Å². The van der Waals surface area contributed by atoms with E-state index in [1.165, 1.54) is 0 Å². The molecular weight excluding hydrogens is 166 g/mol. The molecule has 0 saturated heterocycles. The summed E-state index contributed by atoms with van der Waals surface area (Å²) < 4.78 is 5.08. The lowest BCUT2D eigenvalue weighted by molar-refractivity contribution is 0.414. The van der Waals surface area contributed by atoms with E-state index in [1.54, 1.807) is 25.7 Å². The van der Waals surface area contributed by atoms with Gasteiger partial charge in [-0.3, -0.25) is 10.1 Å². The molecular formula is C9H9N3O. The second-order valence-electron chi connectivity index (χ2n) is 2.57. The quantitative estimate of drug-likeness (QED) is 0.752. The fourth-order valence-corrected chi connectivity index (χ4v) is 1.09. The highest BCUT2D eigenvalue weighted by Crippen LogP contribution is 2.19. The molecule has 0 amide bonds. The molecule has 1 N–H and O–H groups in total. The molecule has 2 aromatic rings. The molecule has 2 aromatic heterocycles. The average molecular weight is 175 g/mol. The first-order chi connectivity index (χ1) is 6.40. The number of methoxy groups -OCH3 is 1. The monoisotopic (exact) mass is 175 g/mol. The first-order valence-corrected chi connectivity index (χ1v) is 3.89. The summed E-state index contributed by atoms with van der Waals surface area (Å²) in [6.45, 7) is 0. The summed E-state index contributed by atoms with van der Waals surface area (Å²) in [5.74, 6) is 0.797. The molecule has 4 heteroatoms. The zero-order valence-corrected chi connectivity index (χ0v) is 7.19. The topological polar surface area (TPSA) is 50.8 Å². The predicted octanol–water partition coefficient (Wildman–Crippen LogP) is 1.48. The number of nitrogens with one attached hydrogen (secondary N) is 1. The van der Waals surface area contributed by atoms with Gasteiger partial charge in [-0.15, -0.1) is 0 Å². The van der Waals surface area contributed by atoms with Gasteiger partial charge in [0.1, 0.15) is 5.75 Å². The molecule has 0 aliphatic carbocycles. The Balaban J connectivity index is 2.41. The molecule has 0 fully saturated rings. The average Bonchev–Trinajstić information content (AvgIpc) is 2.71. The second-order valence-corrected chi connectivity index (χ2v) is 2.57. The minimum absolute atomic E-state index is 0.797. The molecule has 0 aromatic carbocycles. The van der Waals surface area contributed by atoms with Crippen LogP contribution in [0, 0.1) is 0 Å². The summed E-state index contributed by atoms with van der Waals surface area (Å²) in [5, 5.41) is 6.58. The van der Waals surface area contributed by atoms with Gasteiger partial charge in [-0.05, 0) is 6.07 Å². The molecule has 0 bridgehead atoms. The Kier molecular flexibility index (Phi) is 1.96. The molecule has 13 heavy (non-hydrogen) atoms. The van der Waals surface area contributed by atoms with Gasteiger partial charge >= 0.3 is 0 Å². The summed E-state index contributed by atoms with van der Waals surface area (Å²) in [6.07, 6.45) is 5.23. The van der Waals surface area contributed by atoms with Crippen LogP contribution in [-0.4, -0.2) is 22.3 Å². The van der Waals surface area contributed by atoms with Gasteiger partial charge in [0.2, 0.25) is 0 Å². The molecule has 2 rings (SSSR count). The third kappa shape index (κ3) is 1.51. The molecule has 0 radical (unpaired) electrons. The van der Waals surface area contributed by atoms with Crippen molar-refractivity contribution >= 4 is 0 Å². The number of aromatic nitrogens is 3. The van der Waals surface area contributed by atoms with Crippen molar-refractivity contribution in [3.63, 3.8) is 0 Å². The molecule has 0 spiro atoms.